The first-order valence-electron chi connectivity index (χ1n) is 7.98. The van der Waals surface area contributed by atoms with Gasteiger partial charge in [0.15, 0.2) is 17.1 Å². The Labute approximate surface area is 142 Å². The van der Waals surface area contributed by atoms with Crippen LogP contribution in [0.5, 0.6) is 5.75 Å². The van der Waals surface area contributed by atoms with Crippen molar-refractivity contribution in [2.75, 3.05) is 6.61 Å². The molecule has 1 aromatic carbocycles. The van der Waals surface area contributed by atoms with E-state index in [1.54, 1.807) is 18.2 Å². The van der Waals surface area contributed by atoms with E-state index in [-0.39, 0.29) is 23.5 Å². The molecule has 7 heteroatoms. The van der Waals surface area contributed by atoms with Crippen LogP contribution in [0.25, 0.3) is 11.1 Å². The third-order valence-electron chi connectivity index (χ3n) is 3.80. The maximum Gasteiger partial charge on any atom is 0.420 e. The third kappa shape index (κ3) is 3.40. The van der Waals surface area contributed by atoms with Crippen molar-refractivity contribution in [1.82, 2.24) is 9.55 Å². The smallest absolute Gasteiger partial charge is 0.420 e. The fraction of sp³-hybridized carbons (Fsp3) is 0.278. The van der Waals surface area contributed by atoms with Crippen LogP contribution in [0.4, 0.5) is 0 Å². The van der Waals surface area contributed by atoms with E-state index in [4.69, 9.17) is 9.15 Å². The lowest BCUT2D eigenvalue weighted by Gasteiger charge is -2.06. The van der Waals surface area contributed by atoms with Crippen LogP contribution in [0.2, 0.25) is 0 Å². The van der Waals surface area contributed by atoms with E-state index in [0.717, 1.165) is 6.42 Å². The summed E-state index contributed by atoms with van der Waals surface area (Å²) < 4.78 is 12.0. The Morgan fingerprint density at radius 3 is 2.76 bits per heavy atom. The third-order valence-corrected chi connectivity index (χ3v) is 3.80. The Morgan fingerprint density at radius 1 is 1.28 bits per heavy atom. The van der Waals surface area contributed by atoms with Gasteiger partial charge in [0.05, 0.1) is 18.7 Å². The molecule has 25 heavy (non-hydrogen) atoms. The molecule has 0 saturated heterocycles. The van der Waals surface area contributed by atoms with Gasteiger partial charge in [-0.15, -0.1) is 0 Å². The highest BCUT2D eigenvalue weighted by atomic mass is 16.5. The standard InChI is InChI=1S/C18H18N2O5/c1-3-6-24-17-9-19-13(8-15(17)22)10-20-14-5-4-12(11(2)21)7-16(14)25-18(20)23/h4-5,7-9H,3,6,10H2,1-2H3,(H,19,22). The second kappa shape index (κ2) is 6.80. The van der Waals surface area contributed by atoms with Crippen molar-refractivity contribution < 1.29 is 13.9 Å². The number of H-pyrrole nitrogens is 1. The predicted molar refractivity (Wildman–Crippen MR) is 92.4 cm³/mol. The molecule has 0 atom stereocenters. The number of oxazole rings is 1. The quantitative estimate of drug-likeness (QED) is 0.694. The van der Waals surface area contributed by atoms with Crippen LogP contribution in [0.15, 0.2) is 44.5 Å². The maximum absolute atomic E-state index is 12.1. The van der Waals surface area contributed by atoms with Gasteiger partial charge in [0, 0.05) is 23.5 Å². The Morgan fingerprint density at radius 2 is 2.08 bits per heavy atom. The average Bonchev–Trinajstić information content (AvgIpc) is 2.89. The zero-order valence-corrected chi connectivity index (χ0v) is 14.0. The molecule has 0 spiro atoms. The summed E-state index contributed by atoms with van der Waals surface area (Å²) in [6, 6.07) is 6.24. The second-order valence-electron chi connectivity index (χ2n) is 5.73. The predicted octanol–water partition coefficient (Wildman–Crippen LogP) is 2.32. The maximum atomic E-state index is 12.1. The number of carbonyl (C=O) groups excluding carboxylic acids is 1. The van der Waals surface area contributed by atoms with E-state index < -0.39 is 5.76 Å². The van der Waals surface area contributed by atoms with Gasteiger partial charge in [0.2, 0.25) is 5.43 Å². The molecular weight excluding hydrogens is 324 g/mol. The highest BCUT2D eigenvalue weighted by molar-refractivity contribution is 5.96. The summed E-state index contributed by atoms with van der Waals surface area (Å²) in [5, 5.41) is 0. The molecule has 0 unspecified atom stereocenters. The molecule has 0 saturated carbocycles. The summed E-state index contributed by atoms with van der Waals surface area (Å²) >= 11 is 0. The zero-order chi connectivity index (χ0) is 18.0. The van der Waals surface area contributed by atoms with Crippen LogP contribution in [0.3, 0.4) is 0 Å². The number of rotatable bonds is 6. The van der Waals surface area contributed by atoms with Crippen molar-refractivity contribution in [3.05, 3.63) is 62.5 Å². The largest absolute Gasteiger partial charge is 0.488 e. The molecular formula is C18H18N2O5. The number of nitrogens with zero attached hydrogens (tertiary/aromatic N) is 1. The van der Waals surface area contributed by atoms with Gasteiger partial charge in [-0.1, -0.05) is 6.92 Å². The SMILES string of the molecule is CCCOc1c[nH]c(Cn2c(=O)oc3cc(C(C)=O)ccc32)cc1=O. The molecule has 1 N–H and O–H groups in total. The number of aromatic amines is 1. The van der Waals surface area contributed by atoms with Crippen LogP contribution in [-0.2, 0) is 6.54 Å². The van der Waals surface area contributed by atoms with Gasteiger partial charge < -0.3 is 14.1 Å². The number of Topliss-reactive ketones (excluding diaryl/α,β-unsaturated/α-hetero) is 1. The van der Waals surface area contributed by atoms with Gasteiger partial charge in [-0.3, -0.25) is 14.2 Å². The van der Waals surface area contributed by atoms with Gasteiger partial charge in [0.1, 0.15) is 0 Å². The number of ketones is 1. The first kappa shape index (κ1) is 16.8. The molecule has 2 heterocycles. The van der Waals surface area contributed by atoms with Crippen molar-refractivity contribution in [2.24, 2.45) is 0 Å². The number of ether oxygens (including phenoxy) is 1. The fourth-order valence-electron chi connectivity index (χ4n) is 2.52. The van der Waals surface area contributed by atoms with Gasteiger partial charge in [-0.05, 0) is 31.5 Å². The molecule has 0 aliphatic carbocycles. The van der Waals surface area contributed by atoms with Crippen molar-refractivity contribution >= 4 is 16.9 Å². The molecule has 3 rings (SSSR count). The summed E-state index contributed by atoms with van der Waals surface area (Å²) in [5.74, 6) is -0.409. The number of hydrogen-bond acceptors (Lipinski definition) is 5. The Balaban J connectivity index is 1.94. The van der Waals surface area contributed by atoms with Gasteiger partial charge in [-0.25, -0.2) is 4.79 Å². The van der Waals surface area contributed by atoms with Gasteiger partial charge in [-0.2, -0.15) is 0 Å². The molecule has 3 aromatic rings. The average molecular weight is 342 g/mol. The van der Waals surface area contributed by atoms with E-state index in [9.17, 15) is 14.4 Å². The number of carbonyl (C=O) groups is 1. The molecule has 0 bridgehead atoms. The lowest BCUT2D eigenvalue weighted by Crippen LogP contribution is -2.17. The van der Waals surface area contributed by atoms with Crippen molar-refractivity contribution in [3.8, 4) is 5.75 Å². The molecule has 0 aliphatic heterocycles. The molecule has 0 fully saturated rings. The zero-order valence-electron chi connectivity index (χ0n) is 14.0. The summed E-state index contributed by atoms with van der Waals surface area (Å²) in [5.41, 5.74) is 1.67. The fourth-order valence-corrected chi connectivity index (χ4v) is 2.52. The summed E-state index contributed by atoms with van der Waals surface area (Å²) in [6.45, 7) is 4.01. The highest BCUT2D eigenvalue weighted by Crippen LogP contribution is 2.16. The minimum atomic E-state index is -0.553. The number of aromatic nitrogens is 2. The minimum absolute atomic E-state index is 0.107. The summed E-state index contributed by atoms with van der Waals surface area (Å²) in [4.78, 5) is 38.6. The van der Waals surface area contributed by atoms with E-state index in [0.29, 0.717) is 29.0 Å². The minimum Gasteiger partial charge on any atom is -0.488 e. The van der Waals surface area contributed by atoms with E-state index >= 15 is 0 Å². The normalized spacial score (nSPS) is 11.0. The van der Waals surface area contributed by atoms with E-state index in [1.807, 2.05) is 6.92 Å². The van der Waals surface area contributed by atoms with Crippen molar-refractivity contribution in [2.45, 2.75) is 26.8 Å². The molecule has 2 aromatic heterocycles. The van der Waals surface area contributed by atoms with Crippen LogP contribution in [0.1, 0.15) is 36.3 Å². The summed E-state index contributed by atoms with van der Waals surface area (Å²) in [7, 11) is 0. The van der Waals surface area contributed by atoms with Crippen molar-refractivity contribution in [1.29, 1.82) is 0 Å². The summed E-state index contributed by atoms with van der Waals surface area (Å²) in [6.07, 6.45) is 2.30. The highest BCUT2D eigenvalue weighted by Gasteiger charge is 2.12. The molecule has 7 nitrogen and oxygen atoms in total. The Hall–Kier alpha value is -3.09. The Bertz CT molecular complexity index is 1040. The lowest BCUT2D eigenvalue weighted by molar-refractivity contribution is 0.101. The first-order valence-corrected chi connectivity index (χ1v) is 7.98. The lowest BCUT2D eigenvalue weighted by atomic mass is 10.1. The number of hydrogen-bond donors (Lipinski definition) is 1. The number of benzene rings is 1. The molecule has 0 amide bonds. The second-order valence-corrected chi connectivity index (χ2v) is 5.73. The van der Waals surface area contributed by atoms with Gasteiger partial charge in [0.25, 0.3) is 0 Å². The number of fused-ring (bicyclic) bond motifs is 1. The molecule has 130 valence electrons. The van der Waals surface area contributed by atoms with Crippen LogP contribution < -0.4 is 15.9 Å². The first-order chi connectivity index (χ1) is 12.0. The molecule has 0 aliphatic rings. The van der Waals surface area contributed by atoms with Gasteiger partial charge >= 0.3 is 5.76 Å². The number of pyridine rings is 1. The monoisotopic (exact) mass is 342 g/mol. The Kier molecular flexibility index (Phi) is 4.56. The van der Waals surface area contributed by atoms with Crippen LogP contribution in [0, 0.1) is 0 Å². The van der Waals surface area contributed by atoms with E-state index in [1.165, 1.54) is 23.8 Å². The topological polar surface area (TPSA) is 94.3 Å². The van der Waals surface area contributed by atoms with Crippen LogP contribution in [-0.4, -0.2) is 21.9 Å². The molecule has 0 radical (unpaired) electrons. The number of nitrogens with one attached hydrogen (secondary N) is 1. The van der Waals surface area contributed by atoms with E-state index in [2.05, 4.69) is 4.98 Å². The van der Waals surface area contributed by atoms with Crippen LogP contribution >= 0.6 is 0 Å². The van der Waals surface area contributed by atoms with Crippen molar-refractivity contribution in [3.63, 3.8) is 0 Å².